The number of hydrogen-bond donors (Lipinski definition) is 1. The van der Waals surface area contributed by atoms with Crippen LogP contribution >= 0.6 is 11.6 Å². The molecule has 0 bridgehead atoms. The van der Waals surface area contributed by atoms with Crippen LogP contribution < -0.4 is 0 Å². The van der Waals surface area contributed by atoms with E-state index in [9.17, 15) is 9.90 Å². The Labute approximate surface area is 124 Å². The van der Waals surface area contributed by atoms with E-state index < -0.39 is 0 Å². The van der Waals surface area contributed by atoms with Gasteiger partial charge >= 0.3 is 0 Å². The van der Waals surface area contributed by atoms with Crippen molar-refractivity contribution in [1.29, 1.82) is 0 Å². The van der Waals surface area contributed by atoms with Crippen LogP contribution in [0.3, 0.4) is 0 Å². The Kier molecular flexibility index (Phi) is 5.26. The quantitative estimate of drug-likeness (QED) is 0.929. The van der Waals surface area contributed by atoms with Crippen LogP contribution in [0.1, 0.15) is 36.5 Å². The topological polar surface area (TPSA) is 49.8 Å². The van der Waals surface area contributed by atoms with Gasteiger partial charge in [-0.3, -0.25) is 4.79 Å². The molecular weight excluding hydrogens is 278 g/mol. The van der Waals surface area contributed by atoms with Crippen LogP contribution in [0.2, 0.25) is 5.02 Å². The number of ether oxygens (including phenoxy) is 1. The van der Waals surface area contributed by atoms with Crippen LogP contribution in [0.4, 0.5) is 0 Å². The predicted octanol–water partition coefficient (Wildman–Crippen LogP) is 3.08. The molecule has 1 amide bonds. The van der Waals surface area contributed by atoms with Crippen molar-refractivity contribution in [3.05, 3.63) is 28.8 Å². The Bertz CT molecular complexity index is 478. The molecule has 1 fully saturated rings. The molecule has 1 saturated heterocycles. The van der Waals surface area contributed by atoms with Gasteiger partial charge in [0, 0.05) is 19.7 Å². The molecule has 0 saturated carbocycles. The van der Waals surface area contributed by atoms with Crippen molar-refractivity contribution >= 4 is 17.5 Å². The number of carbonyl (C=O) groups is 1. The molecule has 1 aliphatic heterocycles. The molecule has 0 aromatic heterocycles. The Morgan fingerprint density at radius 3 is 3.10 bits per heavy atom. The van der Waals surface area contributed by atoms with Gasteiger partial charge in [0.2, 0.25) is 0 Å². The average molecular weight is 298 g/mol. The third-order valence-electron chi connectivity index (χ3n) is 3.40. The lowest BCUT2D eigenvalue weighted by Crippen LogP contribution is -2.43. The summed E-state index contributed by atoms with van der Waals surface area (Å²) in [6, 6.07) is 4.43. The second-order valence-electron chi connectivity index (χ2n) is 5.05. The molecule has 2 rings (SSSR count). The third kappa shape index (κ3) is 3.64. The van der Waals surface area contributed by atoms with Gasteiger partial charge in [-0.2, -0.15) is 0 Å². The van der Waals surface area contributed by atoms with E-state index in [4.69, 9.17) is 16.3 Å². The number of likely N-dealkylation sites (tertiary alicyclic amines) is 1. The Hall–Kier alpha value is -1.26. The van der Waals surface area contributed by atoms with Crippen molar-refractivity contribution in [2.75, 3.05) is 19.7 Å². The van der Waals surface area contributed by atoms with Gasteiger partial charge in [-0.1, -0.05) is 18.5 Å². The molecule has 1 aromatic carbocycles. The minimum atomic E-state index is -0.143. The molecular formula is C15H20ClNO3. The number of phenolic OH excluding ortho intramolecular Hbond substituents is 1. The molecule has 0 spiro atoms. The first kappa shape index (κ1) is 15.1. The standard InChI is InChI=1S/C15H20ClNO3/c1-2-8-20-12-4-3-7-17(10-12)15(19)13-9-11(18)5-6-14(13)16/h5-6,9,12,18H,2-4,7-8,10H2,1H3. The first-order valence-electron chi connectivity index (χ1n) is 7.01. The van der Waals surface area contributed by atoms with Gasteiger partial charge in [0.25, 0.3) is 5.91 Å². The van der Waals surface area contributed by atoms with Crippen molar-refractivity contribution in [1.82, 2.24) is 4.90 Å². The Morgan fingerprint density at radius 2 is 2.35 bits per heavy atom. The number of phenols is 1. The maximum absolute atomic E-state index is 12.5. The van der Waals surface area contributed by atoms with Gasteiger partial charge in [0.05, 0.1) is 16.7 Å². The molecule has 110 valence electrons. The summed E-state index contributed by atoms with van der Waals surface area (Å²) in [5.74, 6) is -0.0933. The van der Waals surface area contributed by atoms with Crippen LogP contribution in [0, 0.1) is 0 Å². The highest BCUT2D eigenvalue weighted by Crippen LogP contribution is 2.24. The van der Waals surface area contributed by atoms with E-state index in [1.54, 1.807) is 11.0 Å². The van der Waals surface area contributed by atoms with Crippen LogP contribution in [-0.4, -0.2) is 41.7 Å². The van der Waals surface area contributed by atoms with Gasteiger partial charge in [0.1, 0.15) is 5.75 Å². The number of amides is 1. The summed E-state index contributed by atoms with van der Waals surface area (Å²) >= 11 is 6.04. The van der Waals surface area contributed by atoms with E-state index in [1.165, 1.54) is 12.1 Å². The summed E-state index contributed by atoms with van der Waals surface area (Å²) < 4.78 is 5.73. The van der Waals surface area contributed by atoms with E-state index in [0.717, 1.165) is 25.9 Å². The predicted molar refractivity (Wildman–Crippen MR) is 78.3 cm³/mol. The highest BCUT2D eigenvalue weighted by atomic mass is 35.5. The lowest BCUT2D eigenvalue weighted by molar-refractivity contribution is 0.00211. The molecule has 1 N–H and O–H groups in total. The molecule has 0 aliphatic carbocycles. The SMILES string of the molecule is CCCOC1CCCN(C(=O)c2cc(O)ccc2Cl)C1. The third-order valence-corrected chi connectivity index (χ3v) is 3.73. The zero-order chi connectivity index (χ0) is 14.5. The van der Waals surface area contributed by atoms with Gasteiger partial charge in [0.15, 0.2) is 0 Å². The fraction of sp³-hybridized carbons (Fsp3) is 0.533. The largest absolute Gasteiger partial charge is 0.508 e. The first-order chi connectivity index (χ1) is 9.61. The van der Waals surface area contributed by atoms with Gasteiger partial charge in [-0.25, -0.2) is 0 Å². The summed E-state index contributed by atoms with van der Waals surface area (Å²) in [6.45, 7) is 4.08. The lowest BCUT2D eigenvalue weighted by atomic mass is 10.1. The second-order valence-corrected chi connectivity index (χ2v) is 5.46. The Morgan fingerprint density at radius 1 is 1.55 bits per heavy atom. The summed E-state index contributed by atoms with van der Waals surface area (Å²) in [5, 5.41) is 9.86. The lowest BCUT2D eigenvalue weighted by Gasteiger charge is -2.33. The van der Waals surface area contributed by atoms with Gasteiger partial charge in [-0.05, 0) is 37.5 Å². The molecule has 1 aliphatic rings. The number of halogens is 1. The van der Waals surface area contributed by atoms with E-state index in [1.807, 2.05) is 0 Å². The molecule has 1 aromatic rings. The zero-order valence-corrected chi connectivity index (χ0v) is 12.4. The number of hydrogen-bond acceptors (Lipinski definition) is 3. The van der Waals surface area contributed by atoms with Crippen LogP contribution in [0.25, 0.3) is 0 Å². The van der Waals surface area contributed by atoms with Crippen molar-refractivity contribution in [3.8, 4) is 5.75 Å². The highest BCUT2D eigenvalue weighted by molar-refractivity contribution is 6.33. The van der Waals surface area contributed by atoms with Crippen molar-refractivity contribution in [2.45, 2.75) is 32.3 Å². The normalized spacial score (nSPS) is 19.1. The molecule has 4 nitrogen and oxygen atoms in total. The summed E-state index contributed by atoms with van der Waals surface area (Å²) in [5.41, 5.74) is 0.350. The number of piperidine rings is 1. The summed E-state index contributed by atoms with van der Waals surface area (Å²) in [7, 11) is 0. The van der Waals surface area contributed by atoms with Gasteiger partial charge < -0.3 is 14.7 Å². The number of carbonyl (C=O) groups excluding carboxylic acids is 1. The maximum Gasteiger partial charge on any atom is 0.255 e. The zero-order valence-electron chi connectivity index (χ0n) is 11.6. The van der Waals surface area contributed by atoms with Crippen LogP contribution in [-0.2, 0) is 4.74 Å². The number of benzene rings is 1. The highest BCUT2D eigenvalue weighted by Gasteiger charge is 2.26. The average Bonchev–Trinajstić information content (AvgIpc) is 2.47. The van der Waals surface area contributed by atoms with E-state index in [2.05, 4.69) is 6.92 Å². The number of rotatable bonds is 4. The summed E-state index contributed by atoms with van der Waals surface area (Å²) in [6.07, 6.45) is 2.99. The molecule has 20 heavy (non-hydrogen) atoms. The minimum Gasteiger partial charge on any atom is -0.508 e. The van der Waals surface area contributed by atoms with Crippen molar-refractivity contribution in [2.24, 2.45) is 0 Å². The molecule has 5 heteroatoms. The van der Waals surface area contributed by atoms with Crippen LogP contribution in [0.5, 0.6) is 5.75 Å². The summed E-state index contributed by atoms with van der Waals surface area (Å²) in [4.78, 5) is 14.2. The molecule has 1 unspecified atom stereocenters. The van der Waals surface area contributed by atoms with Gasteiger partial charge in [-0.15, -0.1) is 0 Å². The minimum absolute atomic E-state index is 0.0496. The second kappa shape index (κ2) is 6.95. The van der Waals surface area contributed by atoms with E-state index >= 15 is 0 Å². The molecule has 0 radical (unpaired) electrons. The smallest absolute Gasteiger partial charge is 0.255 e. The van der Waals surface area contributed by atoms with E-state index in [0.29, 0.717) is 23.7 Å². The fourth-order valence-corrected chi connectivity index (χ4v) is 2.59. The number of aromatic hydroxyl groups is 1. The number of nitrogens with zero attached hydrogens (tertiary/aromatic N) is 1. The Balaban J connectivity index is 2.06. The molecule has 1 atom stereocenters. The van der Waals surface area contributed by atoms with Crippen molar-refractivity contribution in [3.63, 3.8) is 0 Å². The molecule has 1 heterocycles. The monoisotopic (exact) mass is 297 g/mol. The van der Waals surface area contributed by atoms with Crippen molar-refractivity contribution < 1.29 is 14.6 Å². The fourth-order valence-electron chi connectivity index (χ4n) is 2.39. The van der Waals surface area contributed by atoms with Crippen LogP contribution in [0.15, 0.2) is 18.2 Å². The first-order valence-corrected chi connectivity index (χ1v) is 7.39. The maximum atomic E-state index is 12.5. The van der Waals surface area contributed by atoms with E-state index in [-0.39, 0.29) is 17.8 Å².